The molecule has 0 unspecified atom stereocenters. The predicted molar refractivity (Wildman–Crippen MR) is 60.7 cm³/mol. The fourth-order valence-electron chi connectivity index (χ4n) is 1.87. The van der Waals surface area contributed by atoms with Crippen LogP contribution in [0.4, 0.5) is 11.4 Å². The minimum absolute atomic E-state index is 0.171. The first kappa shape index (κ1) is 10.9. The van der Waals surface area contributed by atoms with Gasteiger partial charge in [-0.25, -0.2) is 0 Å². The molecule has 1 saturated heterocycles. The summed E-state index contributed by atoms with van der Waals surface area (Å²) in [6.45, 7) is 2.89. The standard InChI is InChI=1S/C11H14N2O3/c14-13(15)11-5-2-1-4-10(11)12-6-3-8-16-9-7-12/h1-2,4-5H,3,6-9H2. The molecule has 5 heteroatoms. The Hall–Kier alpha value is -1.62. The molecule has 1 heterocycles. The SMILES string of the molecule is O=[N+]([O-])c1ccccc1N1CCCOCC1. The average molecular weight is 222 g/mol. The van der Waals surface area contributed by atoms with Crippen LogP contribution < -0.4 is 4.90 Å². The van der Waals surface area contributed by atoms with Crippen molar-refractivity contribution in [2.45, 2.75) is 6.42 Å². The summed E-state index contributed by atoms with van der Waals surface area (Å²) in [4.78, 5) is 12.6. The van der Waals surface area contributed by atoms with Crippen LogP contribution in [-0.4, -0.2) is 31.2 Å². The van der Waals surface area contributed by atoms with E-state index >= 15 is 0 Å². The van der Waals surface area contributed by atoms with Gasteiger partial charge < -0.3 is 9.64 Å². The molecule has 1 aliphatic heterocycles. The normalized spacial score (nSPS) is 16.9. The number of nitro groups is 1. The molecule has 0 amide bonds. The van der Waals surface area contributed by atoms with Gasteiger partial charge in [-0.1, -0.05) is 12.1 Å². The molecule has 1 fully saturated rings. The van der Waals surface area contributed by atoms with Crippen molar-refractivity contribution < 1.29 is 9.66 Å². The third-order valence-corrected chi connectivity index (χ3v) is 2.64. The second kappa shape index (κ2) is 4.94. The molecule has 16 heavy (non-hydrogen) atoms. The van der Waals surface area contributed by atoms with Crippen molar-refractivity contribution in [1.82, 2.24) is 0 Å². The number of anilines is 1. The van der Waals surface area contributed by atoms with E-state index in [1.165, 1.54) is 0 Å². The minimum Gasteiger partial charge on any atom is -0.380 e. The molecule has 0 bridgehead atoms. The van der Waals surface area contributed by atoms with E-state index in [-0.39, 0.29) is 10.6 Å². The van der Waals surface area contributed by atoms with Gasteiger partial charge in [0.15, 0.2) is 0 Å². The lowest BCUT2D eigenvalue weighted by atomic mass is 10.2. The highest BCUT2D eigenvalue weighted by atomic mass is 16.6. The molecule has 1 aromatic rings. The summed E-state index contributed by atoms with van der Waals surface area (Å²) >= 11 is 0. The van der Waals surface area contributed by atoms with E-state index in [0.717, 1.165) is 19.6 Å². The second-order valence-electron chi connectivity index (χ2n) is 3.70. The van der Waals surface area contributed by atoms with E-state index in [2.05, 4.69) is 0 Å². The molecule has 0 N–H and O–H groups in total. The van der Waals surface area contributed by atoms with Crippen LogP contribution in [0.1, 0.15) is 6.42 Å². The Kier molecular flexibility index (Phi) is 3.36. The lowest BCUT2D eigenvalue weighted by molar-refractivity contribution is -0.384. The van der Waals surface area contributed by atoms with E-state index in [4.69, 9.17) is 4.74 Å². The monoisotopic (exact) mass is 222 g/mol. The van der Waals surface area contributed by atoms with Gasteiger partial charge in [0.1, 0.15) is 5.69 Å². The Morgan fingerprint density at radius 2 is 2.06 bits per heavy atom. The number of benzene rings is 1. The second-order valence-corrected chi connectivity index (χ2v) is 3.70. The Balaban J connectivity index is 2.27. The summed E-state index contributed by atoms with van der Waals surface area (Å²) in [5.74, 6) is 0. The van der Waals surface area contributed by atoms with Gasteiger partial charge in [-0.15, -0.1) is 0 Å². The zero-order valence-corrected chi connectivity index (χ0v) is 8.96. The lowest BCUT2D eigenvalue weighted by Crippen LogP contribution is -2.26. The molecular formula is C11H14N2O3. The van der Waals surface area contributed by atoms with Crippen molar-refractivity contribution >= 4 is 11.4 Å². The Bertz CT molecular complexity index is 373. The highest BCUT2D eigenvalue weighted by Crippen LogP contribution is 2.27. The average Bonchev–Trinajstić information content (AvgIpc) is 2.57. The number of hydrogen-bond acceptors (Lipinski definition) is 4. The highest BCUT2D eigenvalue weighted by molar-refractivity contribution is 5.63. The van der Waals surface area contributed by atoms with Crippen LogP contribution in [0.3, 0.4) is 0 Å². The zero-order valence-electron chi connectivity index (χ0n) is 8.96. The molecule has 1 aromatic carbocycles. The number of ether oxygens (including phenoxy) is 1. The Morgan fingerprint density at radius 1 is 1.25 bits per heavy atom. The molecular weight excluding hydrogens is 208 g/mol. The summed E-state index contributed by atoms with van der Waals surface area (Å²) < 4.78 is 5.34. The number of rotatable bonds is 2. The van der Waals surface area contributed by atoms with Gasteiger partial charge in [0.2, 0.25) is 0 Å². The third kappa shape index (κ3) is 2.30. The molecule has 0 aromatic heterocycles. The summed E-state index contributed by atoms with van der Waals surface area (Å²) in [5.41, 5.74) is 0.863. The maximum absolute atomic E-state index is 10.9. The van der Waals surface area contributed by atoms with Crippen molar-refractivity contribution in [3.63, 3.8) is 0 Å². The summed E-state index contributed by atoms with van der Waals surface area (Å²) in [5, 5.41) is 10.9. The largest absolute Gasteiger partial charge is 0.380 e. The van der Waals surface area contributed by atoms with E-state index < -0.39 is 0 Å². The fourth-order valence-corrected chi connectivity index (χ4v) is 1.87. The molecule has 1 aliphatic rings. The Labute approximate surface area is 93.8 Å². The smallest absolute Gasteiger partial charge is 0.292 e. The van der Waals surface area contributed by atoms with Gasteiger partial charge in [0.25, 0.3) is 5.69 Å². The topological polar surface area (TPSA) is 55.6 Å². The lowest BCUT2D eigenvalue weighted by Gasteiger charge is -2.21. The van der Waals surface area contributed by atoms with Crippen molar-refractivity contribution in [3.8, 4) is 0 Å². The van der Waals surface area contributed by atoms with Gasteiger partial charge in [-0.2, -0.15) is 0 Å². The first-order chi connectivity index (χ1) is 7.79. The predicted octanol–water partition coefficient (Wildman–Crippen LogP) is 1.82. The van der Waals surface area contributed by atoms with Crippen LogP contribution in [-0.2, 0) is 4.74 Å². The molecule has 2 rings (SSSR count). The van der Waals surface area contributed by atoms with Crippen molar-refractivity contribution in [2.24, 2.45) is 0 Å². The van der Waals surface area contributed by atoms with Gasteiger partial charge in [0, 0.05) is 25.8 Å². The maximum Gasteiger partial charge on any atom is 0.292 e. The molecule has 0 atom stereocenters. The van der Waals surface area contributed by atoms with Crippen LogP contribution in [0.15, 0.2) is 24.3 Å². The van der Waals surface area contributed by atoms with Crippen LogP contribution in [0.25, 0.3) is 0 Å². The van der Waals surface area contributed by atoms with Crippen LogP contribution in [0.5, 0.6) is 0 Å². The number of nitro benzene ring substituents is 1. The van der Waals surface area contributed by atoms with Gasteiger partial charge in [-0.05, 0) is 12.5 Å². The molecule has 5 nitrogen and oxygen atoms in total. The van der Waals surface area contributed by atoms with Gasteiger partial charge in [0.05, 0.1) is 11.5 Å². The Morgan fingerprint density at radius 3 is 2.88 bits per heavy atom. The van der Waals surface area contributed by atoms with Crippen LogP contribution in [0, 0.1) is 10.1 Å². The van der Waals surface area contributed by atoms with Crippen molar-refractivity contribution in [1.29, 1.82) is 0 Å². The number of para-hydroxylation sites is 2. The number of hydrogen-bond donors (Lipinski definition) is 0. The first-order valence-electron chi connectivity index (χ1n) is 5.35. The van der Waals surface area contributed by atoms with Crippen LogP contribution >= 0.6 is 0 Å². The zero-order chi connectivity index (χ0) is 11.4. The number of nitrogens with zero attached hydrogens (tertiary/aromatic N) is 2. The van der Waals surface area contributed by atoms with E-state index in [0.29, 0.717) is 18.8 Å². The third-order valence-electron chi connectivity index (χ3n) is 2.64. The molecule has 0 saturated carbocycles. The maximum atomic E-state index is 10.9. The molecule has 86 valence electrons. The first-order valence-corrected chi connectivity index (χ1v) is 5.35. The molecule has 0 spiro atoms. The molecule has 0 aliphatic carbocycles. The summed E-state index contributed by atoms with van der Waals surface area (Å²) in [7, 11) is 0. The fraction of sp³-hybridized carbons (Fsp3) is 0.455. The van der Waals surface area contributed by atoms with Gasteiger partial charge >= 0.3 is 0 Å². The highest BCUT2D eigenvalue weighted by Gasteiger charge is 2.19. The van der Waals surface area contributed by atoms with Gasteiger partial charge in [-0.3, -0.25) is 10.1 Å². The van der Waals surface area contributed by atoms with E-state index in [9.17, 15) is 10.1 Å². The van der Waals surface area contributed by atoms with Crippen LogP contribution in [0.2, 0.25) is 0 Å². The van der Waals surface area contributed by atoms with E-state index in [1.807, 2.05) is 11.0 Å². The summed E-state index contributed by atoms with van der Waals surface area (Å²) in [6.07, 6.45) is 0.909. The van der Waals surface area contributed by atoms with E-state index in [1.54, 1.807) is 18.2 Å². The quantitative estimate of drug-likeness (QED) is 0.565. The molecule has 0 radical (unpaired) electrons. The van der Waals surface area contributed by atoms with Crippen molar-refractivity contribution in [3.05, 3.63) is 34.4 Å². The van der Waals surface area contributed by atoms with Crippen molar-refractivity contribution in [2.75, 3.05) is 31.2 Å². The summed E-state index contributed by atoms with van der Waals surface area (Å²) in [6, 6.07) is 6.86. The minimum atomic E-state index is -0.332.